The quantitative estimate of drug-likeness (QED) is 0.624. The maximum Gasteiger partial charge on any atom is 0.126 e. The van der Waals surface area contributed by atoms with Crippen LogP contribution in [-0.2, 0) is 4.79 Å². The summed E-state index contributed by atoms with van der Waals surface area (Å²) in [5.74, 6) is 0.363. The van der Waals surface area contributed by atoms with E-state index in [1.807, 2.05) is 0 Å². The maximum absolute atomic E-state index is 11.2. The van der Waals surface area contributed by atoms with Gasteiger partial charge in [0.15, 0.2) is 0 Å². The van der Waals surface area contributed by atoms with Crippen molar-refractivity contribution in [3.63, 3.8) is 0 Å². The number of hydrogen-bond acceptors (Lipinski definition) is 1. The molecule has 0 fully saturated rings. The van der Waals surface area contributed by atoms with Crippen LogP contribution >= 0.6 is 0 Å². The molecule has 0 aliphatic carbocycles. The molecule has 0 saturated carbocycles. The van der Waals surface area contributed by atoms with E-state index < -0.39 is 8.80 Å². The molecule has 0 spiro atoms. The van der Waals surface area contributed by atoms with Gasteiger partial charge in [0.25, 0.3) is 0 Å². The van der Waals surface area contributed by atoms with Crippen molar-refractivity contribution < 1.29 is 4.79 Å². The smallest absolute Gasteiger partial charge is 0.126 e. The van der Waals surface area contributed by atoms with Crippen LogP contribution in [0, 0.1) is 0 Å². The molecule has 78 valence electrons. The summed E-state index contributed by atoms with van der Waals surface area (Å²) in [5.41, 5.74) is 0. The Balaban J connectivity index is 4.68. The molecule has 0 radical (unpaired) electrons. The van der Waals surface area contributed by atoms with E-state index in [1.54, 1.807) is 6.92 Å². The van der Waals surface area contributed by atoms with Gasteiger partial charge in [0.2, 0.25) is 0 Å². The number of carbonyl (C=O) groups excluding carboxylic acids is 1. The molecule has 0 amide bonds. The van der Waals surface area contributed by atoms with Crippen molar-refractivity contribution in [3.8, 4) is 0 Å². The Bertz CT molecular complexity index is 169. The summed E-state index contributed by atoms with van der Waals surface area (Å²) >= 11 is 0. The molecule has 0 bridgehead atoms. The molecule has 0 aliphatic heterocycles. The monoisotopic (exact) mass is 200 g/mol. The first-order chi connectivity index (χ1) is 5.55. The Morgan fingerprint density at radius 2 is 1.31 bits per heavy atom. The summed E-state index contributed by atoms with van der Waals surface area (Å²) in [4.78, 5) is 11.2. The fraction of sp³-hybridized carbons (Fsp3) is 0.909. The van der Waals surface area contributed by atoms with Gasteiger partial charge in [-0.3, -0.25) is 0 Å². The zero-order valence-corrected chi connectivity index (χ0v) is 11.3. The van der Waals surface area contributed by atoms with E-state index in [4.69, 9.17) is 0 Å². The average Bonchev–Trinajstić information content (AvgIpc) is 1.77. The largest absolute Gasteiger partial charge is 0.300 e. The Kier molecular flexibility index (Phi) is 3.92. The lowest BCUT2D eigenvalue weighted by Crippen LogP contribution is -2.36. The van der Waals surface area contributed by atoms with Gasteiger partial charge < -0.3 is 4.79 Å². The van der Waals surface area contributed by atoms with Gasteiger partial charge in [0, 0.05) is 0 Å². The molecule has 0 N–H and O–H groups in total. The second kappa shape index (κ2) is 3.95. The third kappa shape index (κ3) is 4.60. The first-order valence-corrected chi connectivity index (χ1v) is 7.01. The summed E-state index contributed by atoms with van der Waals surface area (Å²) in [5, 5.41) is 0.702. The zero-order chi connectivity index (χ0) is 10.9. The Morgan fingerprint density at radius 1 is 1.00 bits per heavy atom. The highest BCUT2D eigenvalue weighted by Gasteiger charge is 2.36. The predicted octanol–water partition coefficient (Wildman–Crippen LogP) is 3.40. The molecule has 13 heavy (non-hydrogen) atoms. The van der Waals surface area contributed by atoms with Crippen molar-refractivity contribution in [2.75, 3.05) is 0 Å². The molecule has 0 rings (SSSR count). The summed E-state index contributed by atoms with van der Waals surface area (Å²) in [6, 6.07) is 0.840. The molecule has 0 aliphatic rings. The van der Waals surface area contributed by atoms with Crippen molar-refractivity contribution in [1.29, 1.82) is 0 Å². The Hall–Kier alpha value is -0.113. The van der Waals surface area contributed by atoms with Gasteiger partial charge in [0.1, 0.15) is 5.78 Å². The third-order valence-electron chi connectivity index (χ3n) is 2.58. The maximum atomic E-state index is 11.2. The first kappa shape index (κ1) is 12.9. The van der Waals surface area contributed by atoms with E-state index in [1.165, 1.54) is 0 Å². The van der Waals surface area contributed by atoms with E-state index >= 15 is 0 Å². The van der Waals surface area contributed by atoms with Gasteiger partial charge >= 0.3 is 0 Å². The third-order valence-corrected chi connectivity index (χ3v) is 7.75. The van der Waals surface area contributed by atoms with E-state index in [9.17, 15) is 4.79 Å². The van der Waals surface area contributed by atoms with Gasteiger partial charge in [-0.05, 0) is 23.0 Å². The number of Topliss-reactive ketones (excluding diaryl/α,β-unsaturated/α-hetero) is 1. The molecule has 0 aromatic heterocycles. The summed E-state index contributed by atoms with van der Waals surface area (Å²) in [6.07, 6.45) is 0. The molecule has 0 aromatic carbocycles. The summed E-state index contributed by atoms with van der Waals surface area (Å²) < 4.78 is 0. The lowest BCUT2D eigenvalue weighted by molar-refractivity contribution is -0.115. The van der Waals surface area contributed by atoms with Crippen LogP contribution in [0.3, 0.4) is 0 Å². The minimum atomic E-state index is -1.02. The van der Waals surface area contributed by atoms with Gasteiger partial charge in [-0.15, -0.1) is 0 Å². The number of hydrogen-bond donors (Lipinski definition) is 0. The van der Waals surface area contributed by atoms with Crippen LogP contribution < -0.4 is 0 Å². The van der Waals surface area contributed by atoms with Crippen molar-refractivity contribution >= 4 is 14.6 Å². The molecule has 0 atom stereocenters. The van der Waals surface area contributed by atoms with Gasteiger partial charge in [-0.25, -0.2) is 0 Å². The molecule has 1 nitrogen and oxygen atoms in total. The lowest BCUT2D eigenvalue weighted by Gasteiger charge is -2.39. The first-order valence-electron chi connectivity index (χ1n) is 5.04. The normalized spacial score (nSPS) is 13.5. The molecular formula is C11H24OSi. The molecule has 0 unspecified atom stereocenters. The molecular weight excluding hydrogens is 176 g/mol. The van der Waals surface area contributed by atoms with E-state index in [2.05, 4.69) is 41.5 Å². The van der Waals surface area contributed by atoms with Crippen LogP contribution in [0.5, 0.6) is 0 Å². The topological polar surface area (TPSA) is 17.1 Å². The van der Waals surface area contributed by atoms with Crippen molar-refractivity contribution in [1.82, 2.24) is 0 Å². The van der Waals surface area contributed by atoms with Crippen molar-refractivity contribution in [2.24, 2.45) is 0 Å². The van der Waals surface area contributed by atoms with Crippen LogP contribution in [0.15, 0.2) is 0 Å². The zero-order valence-electron chi connectivity index (χ0n) is 10.2. The lowest BCUT2D eigenvalue weighted by atomic mass is 10.2. The molecule has 0 heterocycles. The van der Waals surface area contributed by atoms with Crippen LogP contribution in [-0.4, -0.2) is 14.6 Å². The highest BCUT2D eigenvalue weighted by atomic mass is 28.3. The van der Waals surface area contributed by atoms with Crippen LogP contribution in [0.25, 0.3) is 0 Å². The summed E-state index contributed by atoms with van der Waals surface area (Å²) in [6.45, 7) is 15.4. The number of carbonyl (C=O) groups is 1. The van der Waals surface area contributed by atoms with Gasteiger partial charge in [-0.2, -0.15) is 0 Å². The van der Waals surface area contributed by atoms with Gasteiger partial charge in [-0.1, -0.05) is 41.5 Å². The number of ketones is 1. The highest BCUT2D eigenvalue weighted by Crippen LogP contribution is 2.43. The van der Waals surface area contributed by atoms with Crippen LogP contribution in [0.2, 0.25) is 16.1 Å². The second-order valence-corrected chi connectivity index (χ2v) is 11.2. The molecule has 0 aromatic rings. The molecule has 2 heteroatoms. The standard InChI is InChI=1S/C11H24OSi/c1-9(12)8-13(10(2,3)4)11(5,6)7/h13H,8H2,1-7H3. The van der Waals surface area contributed by atoms with Crippen molar-refractivity contribution in [2.45, 2.75) is 64.6 Å². The minimum Gasteiger partial charge on any atom is -0.300 e. The van der Waals surface area contributed by atoms with Crippen LogP contribution in [0.4, 0.5) is 0 Å². The Morgan fingerprint density at radius 3 is 1.38 bits per heavy atom. The second-order valence-electron chi connectivity index (χ2n) is 6.19. The van der Waals surface area contributed by atoms with E-state index in [-0.39, 0.29) is 0 Å². The summed E-state index contributed by atoms with van der Waals surface area (Å²) in [7, 11) is -1.02. The predicted molar refractivity (Wildman–Crippen MR) is 62.1 cm³/mol. The fourth-order valence-electron chi connectivity index (χ4n) is 2.20. The number of rotatable bonds is 2. The Labute approximate surface area is 84.5 Å². The molecule has 0 saturated heterocycles. The van der Waals surface area contributed by atoms with E-state index in [0.29, 0.717) is 15.9 Å². The average molecular weight is 200 g/mol. The van der Waals surface area contributed by atoms with E-state index in [0.717, 1.165) is 6.04 Å². The minimum absolute atomic E-state index is 0.351. The van der Waals surface area contributed by atoms with Crippen LogP contribution in [0.1, 0.15) is 48.5 Å². The SMILES string of the molecule is CC(=O)C[SiH](C(C)(C)C)C(C)(C)C. The fourth-order valence-corrected chi connectivity index (χ4v) is 6.60. The highest BCUT2D eigenvalue weighted by molar-refractivity contribution is 6.68. The van der Waals surface area contributed by atoms with Gasteiger partial charge in [0.05, 0.1) is 8.80 Å². The van der Waals surface area contributed by atoms with Crippen molar-refractivity contribution in [3.05, 3.63) is 0 Å².